The Labute approximate surface area is 125 Å². The quantitative estimate of drug-likeness (QED) is 0.620. The van der Waals surface area contributed by atoms with Crippen molar-refractivity contribution in [2.24, 2.45) is 5.10 Å². The Morgan fingerprint density at radius 2 is 2.00 bits per heavy atom. The zero-order chi connectivity index (χ0) is 15.9. The molecule has 114 valence electrons. The Kier molecular flexibility index (Phi) is 4.86. The molecule has 8 heteroatoms. The molecule has 0 fully saturated rings. The summed E-state index contributed by atoms with van der Waals surface area (Å²) in [5.74, 6) is 0.620. The van der Waals surface area contributed by atoms with E-state index < -0.39 is 5.91 Å². The fraction of sp³-hybridized carbons (Fsp3) is 0.143. The van der Waals surface area contributed by atoms with E-state index in [-0.39, 0.29) is 11.3 Å². The number of carbonyl (C=O) groups excluding carboxylic acids is 1. The molecule has 0 spiro atoms. The summed E-state index contributed by atoms with van der Waals surface area (Å²) in [6, 6.07) is 7.72. The van der Waals surface area contributed by atoms with Crippen molar-refractivity contribution >= 4 is 12.1 Å². The smallest absolute Gasteiger partial charge is 0.291 e. The minimum atomic E-state index is -0.534. The highest BCUT2D eigenvalue weighted by atomic mass is 16.5. The molecule has 0 bridgehead atoms. The number of ether oxygens (including phenoxy) is 2. The minimum Gasteiger partial charge on any atom is -0.493 e. The maximum atomic E-state index is 11.7. The van der Waals surface area contributed by atoms with Crippen LogP contribution in [0.2, 0.25) is 0 Å². The molecule has 22 heavy (non-hydrogen) atoms. The van der Waals surface area contributed by atoms with E-state index in [0.717, 1.165) is 0 Å². The third-order valence-electron chi connectivity index (χ3n) is 2.70. The van der Waals surface area contributed by atoms with Crippen molar-refractivity contribution in [1.82, 2.24) is 15.6 Å². The van der Waals surface area contributed by atoms with E-state index in [1.165, 1.54) is 25.5 Å². The monoisotopic (exact) mass is 302 g/mol. The van der Waals surface area contributed by atoms with Crippen LogP contribution in [0.1, 0.15) is 16.1 Å². The molecule has 8 nitrogen and oxygen atoms in total. The molecule has 2 aromatic rings. The molecule has 0 aliphatic carbocycles. The number of carbonyl (C=O) groups is 1. The number of hydrazone groups is 1. The van der Waals surface area contributed by atoms with Gasteiger partial charge in [-0.2, -0.15) is 10.2 Å². The molecule has 0 aliphatic rings. The van der Waals surface area contributed by atoms with Gasteiger partial charge in [-0.15, -0.1) is 0 Å². The van der Waals surface area contributed by atoms with Crippen molar-refractivity contribution in [2.75, 3.05) is 14.2 Å². The highest BCUT2D eigenvalue weighted by Gasteiger charge is 2.06. The normalized spacial score (nSPS) is 10.5. The zero-order valence-corrected chi connectivity index (χ0v) is 12.0. The third kappa shape index (κ3) is 3.69. The highest BCUT2D eigenvalue weighted by Crippen LogP contribution is 2.26. The van der Waals surface area contributed by atoms with Crippen LogP contribution in [0.25, 0.3) is 0 Å². The number of aromatic nitrogens is 2. The largest absolute Gasteiger partial charge is 0.493 e. The zero-order valence-electron chi connectivity index (χ0n) is 12.0. The second-order valence-corrected chi connectivity index (χ2v) is 4.12. The van der Waals surface area contributed by atoms with Gasteiger partial charge >= 0.3 is 0 Å². The average Bonchev–Trinajstić information content (AvgIpc) is 2.55. The number of methoxy groups -OCH3 is 2. The lowest BCUT2D eigenvalue weighted by atomic mass is 10.2. The summed E-state index contributed by atoms with van der Waals surface area (Å²) in [4.78, 5) is 22.6. The first-order chi connectivity index (χ1) is 10.6. The number of hydrogen-bond acceptors (Lipinski definition) is 6. The summed E-state index contributed by atoms with van der Waals surface area (Å²) < 4.78 is 10.3. The van der Waals surface area contributed by atoms with E-state index in [1.807, 2.05) is 0 Å². The molecule has 0 saturated carbocycles. The van der Waals surface area contributed by atoms with E-state index in [0.29, 0.717) is 17.1 Å². The second-order valence-electron chi connectivity index (χ2n) is 4.12. The van der Waals surface area contributed by atoms with Gasteiger partial charge in [0.05, 0.1) is 20.4 Å². The molecule has 0 aliphatic heterocycles. The second kappa shape index (κ2) is 7.02. The van der Waals surface area contributed by atoms with Crippen LogP contribution < -0.4 is 20.5 Å². The summed E-state index contributed by atoms with van der Waals surface area (Å²) in [6.45, 7) is 0. The Morgan fingerprint density at radius 3 is 2.64 bits per heavy atom. The topological polar surface area (TPSA) is 106 Å². The molecule has 2 N–H and O–H groups in total. The number of nitrogens with one attached hydrogen (secondary N) is 2. The van der Waals surface area contributed by atoms with Crippen LogP contribution in [0.5, 0.6) is 11.5 Å². The maximum Gasteiger partial charge on any atom is 0.291 e. The van der Waals surface area contributed by atoms with Crippen molar-refractivity contribution in [3.8, 4) is 11.5 Å². The van der Waals surface area contributed by atoms with Crippen molar-refractivity contribution < 1.29 is 14.3 Å². The minimum absolute atomic E-state index is 0.0593. The molecular formula is C14H14N4O4. The van der Waals surface area contributed by atoms with Crippen molar-refractivity contribution in [3.63, 3.8) is 0 Å². The predicted octanol–water partition coefficient (Wildman–Crippen LogP) is 0.551. The van der Waals surface area contributed by atoms with Crippen LogP contribution in [0.3, 0.4) is 0 Å². The Balaban J connectivity index is 2.04. The van der Waals surface area contributed by atoms with Gasteiger partial charge in [-0.3, -0.25) is 9.59 Å². The number of rotatable bonds is 5. The number of amides is 1. The first-order valence-electron chi connectivity index (χ1n) is 6.25. The molecule has 0 unspecified atom stereocenters. The van der Waals surface area contributed by atoms with Gasteiger partial charge in [-0.25, -0.2) is 10.5 Å². The third-order valence-corrected chi connectivity index (χ3v) is 2.70. The van der Waals surface area contributed by atoms with E-state index in [4.69, 9.17) is 9.47 Å². The molecule has 1 aromatic heterocycles. The van der Waals surface area contributed by atoms with Gasteiger partial charge < -0.3 is 9.47 Å². The molecule has 1 heterocycles. The molecule has 2 rings (SSSR count). The summed E-state index contributed by atoms with van der Waals surface area (Å²) in [6.07, 6.45) is 1.45. The highest BCUT2D eigenvalue weighted by molar-refractivity contribution is 5.92. The first kappa shape index (κ1) is 15.2. The van der Waals surface area contributed by atoms with Crippen molar-refractivity contribution in [1.29, 1.82) is 0 Å². The Bertz CT molecular complexity index is 734. The Morgan fingerprint density at radius 1 is 1.23 bits per heavy atom. The van der Waals surface area contributed by atoms with Gasteiger partial charge in [0.25, 0.3) is 11.5 Å². The fourth-order valence-electron chi connectivity index (χ4n) is 1.63. The lowest BCUT2D eigenvalue weighted by molar-refractivity contribution is 0.0949. The van der Waals surface area contributed by atoms with E-state index in [9.17, 15) is 9.59 Å². The molecule has 0 radical (unpaired) electrons. The lowest BCUT2D eigenvalue weighted by Crippen LogP contribution is -2.21. The van der Waals surface area contributed by atoms with Crippen LogP contribution in [0, 0.1) is 0 Å². The summed E-state index contributed by atoms with van der Waals surface area (Å²) >= 11 is 0. The van der Waals surface area contributed by atoms with Crippen molar-refractivity contribution in [2.45, 2.75) is 0 Å². The summed E-state index contributed by atoms with van der Waals surface area (Å²) in [5.41, 5.74) is 2.70. The number of hydrogen-bond donors (Lipinski definition) is 2. The van der Waals surface area contributed by atoms with Gasteiger partial charge in [0.15, 0.2) is 17.2 Å². The number of H-pyrrole nitrogens is 1. The number of aromatic amines is 1. The molecular weight excluding hydrogens is 288 g/mol. The van der Waals surface area contributed by atoms with Gasteiger partial charge in [0.2, 0.25) is 0 Å². The van der Waals surface area contributed by atoms with Gasteiger partial charge in [0, 0.05) is 6.07 Å². The molecule has 1 aromatic carbocycles. The maximum absolute atomic E-state index is 11.7. The van der Waals surface area contributed by atoms with E-state index in [1.54, 1.807) is 25.3 Å². The van der Waals surface area contributed by atoms with Crippen LogP contribution in [0.4, 0.5) is 0 Å². The van der Waals surface area contributed by atoms with Crippen molar-refractivity contribution in [3.05, 3.63) is 51.9 Å². The average molecular weight is 302 g/mol. The Hall–Kier alpha value is -3.16. The van der Waals surface area contributed by atoms with Crippen LogP contribution in [-0.4, -0.2) is 36.5 Å². The van der Waals surface area contributed by atoms with Gasteiger partial charge in [0.1, 0.15) is 0 Å². The van der Waals surface area contributed by atoms with Gasteiger partial charge in [-0.05, 0) is 29.8 Å². The SMILES string of the molecule is COc1ccc(/C=N/NC(=O)c2ccc(=O)[nH]n2)cc1OC. The molecule has 0 saturated heterocycles. The van der Waals surface area contributed by atoms with Crippen LogP contribution in [-0.2, 0) is 0 Å². The predicted molar refractivity (Wildman–Crippen MR) is 79.5 cm³/mol. The van der Waals surface area contributed by atoms with Crippen LogP contribution >= 0.6 is 0 Å². The molecule has 1 amide bonds. The van der Waals surface area contributed by atoms with Gasteiger partial charge in [-0.1, -0.05) is 0 Å². The van der Waals surface area contributed by atoms with E-state index >= 15 is 0 Å². The standard InChI is InChI=1S/C14H14N4O4/c1-21-11-5-3-9(7-12(11)22-2)8-15-18-14(20)10-4-6-13(19)17-16-10/h3-8H,1-2H3,(H,17,19)(H,18,20)/b15-8+. The first-order valence-corrected chi connectivity index (χ1v) is 6.25. The molecule has 0 atom stereocenters. The summed E-state index contributed by atoms with van der Waals surface area (Å²) in [7, 11) is 3.07. The van der Waals surface area contributed by atoms with Crippen LogP contribution in [0.15, 0.2) is 40.2 Å². The van der Waals surface area contributed by atoms with E-state index in [2.05, 4.69) is 20.7 Å². The summed E-state index contributed by atoms with van der Waals surface area (Å²) in [5, 5.41) is 9.58. The lowest BCUT2D eigenvalue weighted by Gasteiger charge is -2.07. The number of nitrogens with zero attached hydrogens (tertiary/aromatic N) is 2. The fourth-order valence-corrected chi connectivity index (χ4v) is 1.63. The number of benzene rings is 1.